The normalized spacial score (nSPS) is 10.3. The molecule has 1 aromatic heterocycles. The largest absolute Gasteiger partial charge is 0.385 e. The van der Waals surface area contributed by atoms with Crippen LogP contribution in [0.2, 0.25) is 0 Å². The Balaban J connectivity index is 0.000000218. The Bertz CT molecular complexity index is 860. The van der Waals surface area contributed by atoms with Crippen LogP contribution < -0.4 is 16.0 Å². The fourth-order valence-corrected chi connectivity index (χ4v) is 3.65. The van der Waals surface area contributed by atoms with Crippen molar-refractivity contribution in [2.24, 2.45) is 5.73 Å². The van der Waals surface area contributed by atoms with Crippen molar-refractivity contribution >= 4 is 22.9 Å². The minimum atomic E-state index is 0.692. The monoisotopic (exact) mass is 411 g/mol. The summed E-state index contributed by atoms with van der Waals surface area (Å²) in [4.78, 5) is 2.33. The van der Waals surface area contributed by atoms with E-state index in [0.29, 0.717) is 6.54 Å². The summed E-state index contributed by atoms with van der Waals surface area (Å²) in [5.74, 6) is 0. The van der Waals surface area contributed by atoms with Crippen molar-refractivity contribution in [3.63, 3.8) is 0 Å². The van der Waals surface area contributed by atoms with Gasteiger partial charge in [-0.2, -0.15) is 0 Å². The topological polar surface area (TPSA) is 67.1 Å². The Hall–Kier alpha value is -2.44. The lowest BCUT2D eigenvalue weighted by Crippen LogP contribution is -2.29. The van der Waals surface area contributed by atoms with E-state index in [0.717, 1.165) is 30.9 Å². The zero-order valence-corrected chi connectivity index (χ0v) is 19.0. The highest BCUT2D eigenvalue weighted by atomic mass is 32.1. The van der Waals surface area contributed by atoms with Gasteiger partial charge in [0.15, 0.2) is 0 Å². The van der Waals surface area contributed by atoms with Gasteiger partial charge in [-0.25, -0.2) is 0 Å². The molecule has 0 spiro atoms. The summed E-state index contributed by atoms with van der Waals surface area (Å²) < 4.78 is 3.81. The van der Waals surface area contributed by atoms with Crippen LogP contribution >= 0.6 is 11.5 Å². The van der Waals surface area contributed by atoms with Gasteiger partial charge in [0.2, 0.25) is 0 Å². The molecule has 0 radical (unpaired) electrons. The Morgan fingerprint density at radius 1 is 1.03 bits per heavy atom. The van der Waals surface area contributed by atoms with Gasteiger partial charge < -0.3 is 16.0 Å². The lowest BCUT2D eigenvalue weighted by Gasteiger charge is -2.26. The number of nitrogens with one attached hydrogen (secondary N) is 1. The fourth-order valence-electron chi connectivity index (χ4n) is 3.18. The van der Waals surface area contributed by atoms with Gasteiger partial charge in [-0.1, -0.05) is 40.4 Å². The van der Waals surface area contributed by atoms with Crippen molar-refractivity contribution in [3.05, 3.63) is 58.5 Å². The molecule has 0 atom stereocenters. The molecule has 0 amide bonds. The van der Waals surface area contributed by atoms with Gasteiger partial charge in [-0.3, -0.25) is 0 Å². The highest BCUT2D eigenvalue weighted by molar-refractivity contribution is 7.03. The van der Waals surface area contributed by atoms with Crippen LogP contribution in [0.5, 0.6) is 0 Å². The van der Waals surface area contributed by atoms with E-state index in [-0.39, 0.29) is 0 Å². The van der Waals surface area contributed by atoms with E-state index >= 15 is 0 Å². The number of nitrogens with two attached hydrogens (primary N) is 1. The molecule has 3 rings (SSSR count). The maximum Gasteiger partial charge on any atom is 0.105 e. The molecule has 1 heterocycles. The summed E-state index contributed by atoms with van der Waals surface area (Å²) >= 11 is 1.38. The maximum atomic E-state index is 5.66. The van der Waals surface area contributed by atoms with E-state index in [2.05, 4.69) is 90.8 Å². The minimum absolute atomic E-state index is 0.692. The average Bonchev–Trinajstić information content (AvgIpc) is 3.24. The van der Waals surface area contributed by atoms with Crippen LogP contribution in [0.3, 0.4) is 0 Å². The van der Waals surface area contributed by atoms with Gasteiger partial charge in [0.25, 0.3) is 0 Å². The number of aromatic nitrogens is 2. The van der Waals surface area contributed by atoms with Crippen molar-refractivity contribution in [1.29, 1.82) is 0 Å². The predicted octanol–water partition coefficient (Wildman–Crippen LogP) is 5.03. The zero-order valence-electron chi connectivity index (χ0n) is 18.2. The van der Waals surface area contributed by atoms with Crippen LogP contribution in [0.1, 0.15) is 30.5 Å². The molecular weight excluding hydrogens is 378 g/mol. The van der Waals surface area contributed by atoms with Gasteiger partial charge in [0.05, 0.1) is 0 Å². The fraction of sp³-hybridized carbons (Fsp3) is 0.391. The first-order chi connectivity index (χ1) is 14.0. The number of aryl methyl sites for hydroxylation is 3. The summed E-state index contributed by atoms with van der Waals surface area (Å²) in [6, 6.07) is 12.8. The average molecular weight is 412 g/mol. The van der Waals surface area contributed by atoms with Crippen LogP contribution in [0.15, 0.2) is 41.8 Å². The van der Waals surface area contributed by atoms with E-state index in [1.807, 2.05) is 5.38 Å². The third-order valence-electron chi connectivity index (χ3n) is 4.74. The molecule has 156 valence electrons. The van der Waals surface area contributed by atoms with Crippen molar-refractivity contribution < 1.29 is 0 Å². The van der Waals surface area contributed by atoms with Gasteiger partial charge in [0.1, 0.15) is 5.69 Å². The van der Waals surface area contributed by atoms with E-state index in [4.69, 9.17) is 5.73 Å². The van der Waals surface area contributed by atoms with Crippen LogP contribution in [0.25, 0.3) is 11.3 Å². The van der Waals surface area contributed by atoms with Crippen molar-refractivity contribution in [1.82, 2.24) is 9.59 Å². The quantitative estimate of drug-likeness (QED) is 0.570. The van der Waals surface area contributed by atoms with Crippen LogP contribution in [0, 0.1) is 20.8 Å². The molecule has 3 aromatic rings. The number of hydrogen-bond donors (Lipinski definition) is 2. The zero-order chi connectivity index (χ0) is 21.2. The molecule has 29 heavy (non-hydrogen) atoms. The molecular formula is C23H33N5S. The van der Waals surface area contributed by atoms with Crippen molar-refractivity contribution in [2.45, 2.75) is 34.6 Å². The number of benzene rings is 2. The molecule has 3 N–H and O–H groups in total. The van der Waals surface area contributed by atoms with E-state index in [1.54, 1.807) is 0 Å². The molecule has 0 aliphatic heterocycles. The third-order valence-corrected chi connectivity index (χ3v) is 5.24. The Morgan fingerprint density at radius 3 is 2.31 bits per heavy atom. The minimum Gasteiger partial charge on any atom is -0.385 e. The lowest BCUT2D eigenvalue weighted by atomic mass is 10.1. The highest BCUT2D eigenvalue weighted by Gasteiger charge is 2.09. The molecule has 0 saturated carbocycles. The standard InChI is InChI=1S/C14H25N3.C9H8N2S/c1-5-16-13-10-14(12(4)9-11(13)3)17(6-2)8-7-15;1-7-2-4-8(5-3-7)9-6-12-11-10-9/h9-10,16H,5-8,15H2,1-4H3;2-6H,1H3. The molecule has 5 nitrogen and oxygen atoms in total. The number of anilines is 2. The first kappa shape index (κ1) is 22.8. The van der Waals surface area contributed by atoms with Gasteiger partial charge in [0, 0.05) is 48.5 Å². The molecule has 0 aliphatic rings. The molecule has 0 fully saturated rings. The van der Waals surface area contributed by atoms with Crippen LogP contribution in [0.4, 0.5) is 11.4 Å². The first-order valence-electron chi connectivity index (χ1n) is 10.1. The van der Waals surface area contributed by atoms with E-state index < -0.39 is 0 Å². The van der Waals surface area contributed by atoms with Gasteiger partial charge in [-0.15, -0.1) is 5.10 Å². The van der Waals surface area contributed by atoms with E-state index in [9.17, 15) is 0 Å². The molecule has 0 unspecified atom stereocenters. The van der Waals surface area contributed by atoms with Crippen molar-refractivity contribution in [3.8, 4) is 11.3 Å². The smallest absolute Gasteiger partial charge is 0.105 e. The first-order valence-corrected chi connectivity index (χ1v) is 11.0. The summed E-state index contributed by atoms with van der Waals surface area (Å²) in [7, 11) is 0. The van der Waals surface area contributed by atoms with Gasteiger partial charge >= 0.3 is 0 Å². The summed E-state index contributed by atoms with van der Waals surface area (Å²) in [6.07, 6.45) is 0. The molecule has 6 heteroatoms. The number of hydrogen-bond acceptors (Lipinski definition) is 6. The Labute approximate surface area is 179 Å². The number of rotatable bonds is 7. The predicted molar refractivity (Wildman–Crippen MR) is 127 cm³/mol. The second-order valence-electron chi connectivity index (χ2n) is 7.01. The second kappa shape index (κ2) is 11.5. The van der Waals surface area contributed by atoms with Crippen molar-refractivity contribution in [2.75, 3.05) is 36.4 Å². The number of nitrogens with zero attached hydrogens (tertiary/aromatic N) is 3. The Morgan fingerprint density at radius 2 is 1.76 bits per heavy atom. The summed E-state index contributed by atoms with van der Waals surface area (Å²) in [5, 5.41) is 9.34. The van der Waals surface area contributed by atoms with Crippen LogP contribution in [-0.4, -0.2) is 35.8 Å². The van der Waals surface area contributed by atoms with Gasteiger partial charge in [-0.05, 0) is 63.3 Å². The SMILES string of the molecule is CCNc1cc(N(CC)CCN)c(C)cc1C.Cc1ccc(-c2csnn2)cc1. The molecule has 0 aliphatic carbocycles. The highest BCUT2D eigenvalue weighted by Crippen LogP contribution is 2.27. The maximum absolute atomic E-state index is 5.66. The lowest BCUT2D eigenvalue weighted by molar-refractivity contribution is 0.813. The number of likely N-dealkylation sites (N-methyl/N-ethyl adjacent to an activating group) is 1. The summed E-state index contributed by atoms with van der Waals surface area (Å²) in [5.41, 5.74) is 14.2. The summed E-state index contributed by atoms with van der Waals surface area (Å²) in [6.45, 7) is 14.2. The Kier molecular flexibility index (Phi) is 9.09. The van der Waals surface area contributed by atoms with E-state index in [1.165, 1.54) is 39.6 Å². The molecule has 0 saturated heterocycles. The third kappa shape index (κ3) is 6.54. The van der Waals surface area contributed by atoms with Crippen LogP contribution in [-0.2, 0) is 0 Å². The molecule has 2 aromatic carbocycles. The molecule has 0 bridgehead atoms. The second-order valence-corrected chi connectivity index (χ2v) is 7.62.